The molecule has 0 bridgehead atoms. The Labute approximate surface area is 163 Å². The Hall–Kier alpha value is -2.80. The summed E-state index contributed by atoms with van der Waals surface area (Å²) < 4.78 is 15.8. The van der Waals surface area contributed by atoms with Crippen LogP contribution in [0, 0.1) is 12.7 Å². The lowest BCUT2D eigenvalue weighted by Gasteiger charge is -2.23. The predicted molar refractivity (Wildman–Crippen MR) is 103 cm³/mol. The third kappa shape index (κ3) is 3.19. The molecule has 0 unspecified atom stereocenters. The van der Waals surface area contributed by atoms with Crippen molar-refractivity contribution in [2.45, 2.75) is 19.3 Å². The van der Waals surface area contributed by atoms with E-state index in [-0.39, 0.29) is 18.1 Å². The lowest BCUT2D eigenvalue weighted by Crippen LogP contribution is -2.28. The Bertz CT molecular complexity index is 1040. The quantitative estimate of drug-likeness (QED) is 0.630. The molecule has 3 aromatic rings. The molecule has 0 radical (unpaired) electrons. The monoisotopic (exact) mass is 427 g/mol. The molecule has 1 atom stereocenters. The minimum Gasteiger partial charge on any atom is -0.310 e. The zero-order valence-electron chi connectivity index (χ0n) is 14.4. The maximum atomic E-state index is 13.2. The molecule has 0 saturated carbocycles. The molecule has 136 valence electrons. The van der Waals surface area contributed by atoms with Crippen LogP contribution in [-0.4, -0.2) is 21.5 Å². The van der Waals surface area contributed by atoms with Gasteiger partial charge in [-0.3, -0.25) is 9.59 Å². The number of carbonyl (C=O) groups excluding carboxylic acids is 2. The molecule has 1 N–H and O–H groups in total. The predicted octanol–water partition coefficient (Wildman–Crippen LogP) is 4.39. The fraction of sp³-hybridized carbons (Fsp3) is 0.150. The average molecular weight is 428 g/mol. The van der Waals surface area contributed by atoms with Gasteiger partial charge in [-0.05, 0) is 55.5 Å². The minimum atomic E-state index is -0.650. The Balaban J connectivity index is 1.80. The number of nitrogens with zero attached hydrogens (tertiary/aromatic N) is 2. The average Bonchev–Trinajstić information content (AvgIpc) is 2.98. The number of fused-ring (bicyclic) bond motifs is 1. The second-order valence-electron chi connectivity index (χ2n) is 6.41. The summed E-state index contributed by atoms with van der Waals surface area (Å²) in [6, 6.07) is 12.9. The van der Waals surface area contributed by atoms with Crippen LogP contribution in [-0.2, 0) is 4.79 Å². The number of Topliss-reactive ketones (excluding diaryl/α,β-unsaturated/α-hetero) is 1. The molecule has 0 saturated heterocycles. The number of nitrogens with one attached hydrogen (secondary N) is 1. The van der Waals surface area contributed by atoms with Gasteiger partial charge in [-0.1, -0.05) is 15.9 Å². The van der Waals surface area contributed by atoms with Crippen LogP contribution in [0.2, 0.25) is 0 Å². The topological polar surface area (TPSA) is 64.0 Å². The fourth-order valence-corrected chi connectivity index (χ4v) is 3.62. The number of rotatable bonds is 3. The number of hydrogen-bond acceptors (Lipinski definition) is 3. The van der Waals surface area contributed by atoms with Crippen LogP contribution in [0.5, 0.6) is 0 Å². The zero-order chi connectivity index (χ0) is 19.1. The van der Waals surface area contributed by atoms with E-state index in [1.54, 1.807) is 4.68 Å². The van der Waals surface area contributed by atoms with E-state index in [0.29, 0.717) is 22.6 Å². The maximum absolute atomic E-state index is 13.2. The summed E-state index contributed by atoms with van der Waals surface area (Å²) in [6.07, 6.45) is 0.0378. The normalized spacial score (nSPS) is 16.0. The fourth-order valence-electron chi connectivity index (χ4n) is 3.36. The van der Waals surface area contributed by atoms with Crippen molar-refractivity contribution in [2.75, 3.05) is 5.32 Å². The van der Waals surface area contributed by atoms with Crippen LogP contribution < -0.4 is 5.32 Å². The van der Waals surface area contributed by atoms with Crippen molar-refractivity contribution in [1.82, 2.24) is 9.78 Å². The van der Waals surface area contributed by atoms with Crippen molar-refractivity contribution >= 4 is 33.4 Å². The Morgan fingerprint density at radius 3 is 2.52 bits per heavy atom. The van der Waals surface area contributed by atoms with Crippen molar-refractivity contribution < 1.29 is 14.0 Å². The summed E-state index contributed by atoms with van der Waals surface area (Å²) in [6.45, 7) is 1.82. The van der Waals surface area contributed by atoms with Gasteiger partial charge in [0.1, 0.15) is 11.6 Å². The number of hydrogen-bond donors (Lipinski definition) is 1. The number of carbonyl (C=O) groups is 2. The first-order valence-corrected chi connectivity index (χ1v) is 9.18. The van der Waals surface area contributed by atoms with Gasteiger partial charge in [-0.15, -0.1) is 0 Å². The molecule has 4 rings (SSSR count). The summed E-state index contributed by atoms with van der Waals surface area (Å²) in [5.41, 5.74) is 2.52. The van der Waals surface area contributed by atoms with Gasteiger partial charge in [-0.25, -0.2) is 9.07 Å². The van der Waals surface area contributed by atoms with Gasteiger partial charge < -0.3 is 5.32 Å². The van der Waals surface area contributed by atoms with Crippen molar-refractivity contribution in [3.05, 3.63) is 75.6 Å². The highest BCUT2D eigenvalue weighted by molar-refractivity contribution is 9.10. The van der Waals surface area contributed by atoms with E-state index in [4.69, 9.17) is 0 Å². The summed E-state index contributed by atoms with van der Waals surface area (Å²) in [5, 5.41) is 7.39. The SMILES string of the molecule is Cc1nn(-c2ccc(Br)cc2)c2c1[C@H](C(=O)c1ccc(F)cc1)CC(=O)N2. The number of amides is 1. The van der Waals surface area contributed by atoms with Crippen LogP contribution in [0.1, 0.15) is 34.0 Å². The third-order valence-corrected chi connectivity index (χ3v) is 5.15. The van der Waals surface area contributed by atoms with E-state index in [1.165, 1.54) is 24.3 Å². The van der Waals surface area contributed by atoms with E-state index in [9.17, 15) is 14.0 Å². The van der Waals surface area contributed by atoms with E-state index < -0.39 is 11.7 Å². The number of halogens is 2. The number of anilines is 1. The molecule has 1 aromatic heterocycles. The molecular weight excluding hydrogens is 413 g/mol. The van der Waals surface area contributed by atoms with E-state index in [1.807, 2.05) is 31.2 Å². The summed E-state index contributed by atoms with van der Waals surface area (Å²) in [4.78, 5) is 25.3. The molecule has 1 amide bonds. The second kappa shape index (κ2) is 6.74. The van der Waals surface area contributed by atoms with E-state index in [2.05, 4.69) is 26.3 Å². The van der Waals surface area contributed by atoms with Gasteiger partial charge in [0.15, 0.2) is 5.78 Å². The number of ketones is 1. The molecule has 1 aliphatic rings. The zero-order valence-corrected chi connectivity index (χ0v) is 16.0. The Kier molecular flexibility index (Phi) is 4.39. The van der Waals surface area contributed by atoms with E-state index >= 15 is 0 Å². The van der Waals surface area contributed by atoms with Gasteiger partial charge >= 0.3 is 0 Å². The van der Waals surface area contributed by atoms with E-state index in [0.717, 1.165) is 10.2 Å². The van der Waals surface area contributed by atoms with Gasteiger partial charge in [0.25, 0.3) is 0 Å². The van der Waals surface area contributed by atoms with Crippen LogP contribution in [0.3, 0.4) is 0 Å². The van der Waals surface area contributed by atoms with Crippen LogP contribution in [0.4, 0.5) is 10.2 Å². The third-order valence-electron chi connectivity index (χ3n) is 4.62. The van der Waals surface area contributed by atoms with Crippen molar-refractivity contribution in [1.29, 1.82) is 0 Å². The molecule has 5 nitrogen and oxygen atoms in total. The largest absolute Gasteiger partial charge is 0.310 e. The molecule has 0 aliphatic carbocycles. The molecule has 0 fully saturated rings. The van der Waals surface area contributed by atoms with Crippen molar-refractivity contribution in [3.8, 4) is 5.69 Å². The van der Waals surface area contributed by atoms with Gasteiger partial charge in [0.05, 0.1) is 17.3 Å². The lowest BCUT2D eigenvalue weighted by molar-refractivity contribution is -0.116. The van der Waals surface area contributed by atoms with Gasteiger partial charge in [-0.2, -0.15) is 5.10 Å². The minimum absolute atomic E-state index is 0.0378. The van der Waals surface area contributed by atoms with Crippen molar-refractivity contribution in [3.63, 3.8) is 0 Å². The highest BCUT2D eigenvalue weighted by atomic mass is 79.9. The molecule has 2 aromatic carbocycles. The Morgan fingerprint density at radius 1 is 1.19 bits per heavy atom. The first-order valence-electron chi connectivity index (χ1n) is 8.39. The molecular formula is C20H15BrFN3O2. The number of aromatic nitrogens is 2. The standard InChI is InChI=1S/C20H15BrFN3O2/c1-11-18-16(19(27)12-2-6-14(22)7-3-12)10-17(26)23-20(18)25(24-11)15-8-4-13(21)5-9-15/h2-9,16H,10H2,1H3,(H,23,26)/t16-/m1/s1. The maximum Gasteiger partial charge on any atom is 0.226 e. The molecule has 0 spiro atoms. The first-order chi connectivity index (χ1) is 12.9. The molecule has 27 heavy (non-hydrogen) atoms. The smallest absolute Gasteiger partial charge is 0.226 e. The summed E-state index contributed by atoms with van der Waals surface area (Å²) >= 11 is 3.40. The molecule has 2 heterocycles. The Morgan fingerprint density at radius 2 is 1.85 bits per heavy atom. The van der Waals surface area contributed by atoms with Crippen LogP contribution >= 0.6 is 15.9 Å². The highest BCUT2D eigenvalue weighted by Crippen LogP contribution is 2.38. The number of benzene rings is 2. The first kappa shape index (κ1) is 17.6. The summed E-state index contributed by atoms with van der Waals surface area (Å²) in [7, 11) is 0. The second-order valence-corrected chi connectivity index (χ2v) is 7.33. The lowest BCUT2D eigenvalue weighted by atomic mass is 9.85. The van der Waals surface area contributed by atoms with Gasteiger partial charge in [0.2, 0.25) is 5.91 Å². The number of aryl methyl sites for hydroxylation is 1. The van der Waals surface area contributed by atoms with Crippen LogP contribution in [0.25, 0.3) is 5.69 Å². The van der Waals surface area contributed by atoms with Crippen LogP contribution in [0.15, 0.2) is 53.0 Å². The molecule has 7 heteroatoms. The van der Waals surface area contributed by atoms with Crippen molar-refractivity contribution in [2.24, 2.45) is 0 Å². The summed E-state index contributed by atoms with van der Waals surface area (Å²) in [5.74, 6) is -1.02. The molecule has 1 aliphatic heterocycles. The highest BCUT2D eigenvalue weighted by Gasteiger charge is 2.36. The van der Waals surface area contributed by atoms with Gasteiger partial charge in [0, 0.05) is 22.0 Å².